The molecule has 1 heterocycles. The minimum absolute atomic E-state index is 0.0318. The number of hydrogen-bond donors (Lipinski definition) is 0. The van der Waals surface area contributed by atoms with E-state index in [0.717, 1.165) is 32.4 Å². The van der Waals surface area contributed by atoms with Crippen molar-refractivity contribution in [1.29, 1.82) is 0 Å². The molecule has 0 spiro atoms. The van der Waals surface area contributed by atoms with Gasteiger partial charge in [-0.1, -0.05) is 0 Å². The lowest BCUT2D eigenvalue weighted by Gasteiger charge is -2.24. The van der Waals surface area contributed by atoms with E-state index in [1.165, 1.54) is 7.11 Å². The van der Waals surface area contributed by atoms with Gasteiger partial charge in [0.05, 0.1) is 13.0 Å². The number of carbonyl (C=O) groups is 1. The molecule has 0 amide bonds. The van der Waals surface area contributed by atoms with E-state index in [1.54, 1.807) is 0 Å². The van der Waals surface area contributed by atoms with Crippen molar-refractivity contribution in [2.75, 3.05) is 20.2 Å². The Bertz CT molecular complexity index is 192. The standard InChI is InChI=1S/C11H21NO2/c1-9(2)12-7-4-5-10(6-8-12)11(13)14-3/h9-10H,4-8H2,1-3H3. The van der Waals surface area contributed by atoms with E-state index in [2.05, 4.69) is 18.7 Å². The van der Waals surface area contributed by atoms with Gasteiger partial charge in [0, 0.05) is 6.04 Å². The van der Waals surface area contributed by atoms with Crippen molar-refractivity contribution in [3.05, 3.63) is 0 Å². The molecule has 14 heavy (non-hydrogen) atoms. The highest BCUT2D eigenvalue weighted by Gasteiger charge is 2.24. The Morgan fingerprint density at radius 3 is 2.64 bits per heavy atom. The summed E-state index contributed by atoms with van der Waals surface area (Å²) in [4.78, 5) is 13.8. The third kappa shape index (κ3) is 2.98. The Hall–Kier alpha value is -0.570. The molecule has 0 aliphatic carbocycles. The topological polar surface area (TPSA) is 29.5 Å². The van der Waals surface area contributed by atoms with Crippen molar-refractivity contribution in [3.8, 4) is 0 Å². The molecular formula is C11H21NO2. The molecular weight excluding hydrogens is 178 g/mol. The number of nitrogens with zero attached hydrogens (tertiary/aromatic N) is 1. The van der Waals surface area contributed by atoms with Crippen molar-refractivity contribution in [3.63, 3.8) is 0 Å². The number of esters is 1. The van der Waals surface area contributed by atoms with Crippen LogP contribution >= 0.6 is 0 Å². The van der Waals surface area contributed by atoms with E-state index in [9.17, 15) is 4.79 Å². The fourth-order valence-corrected chi connectivity index (χ4v) is 2.04. The lowest BCUT2D eigenvalue weighted by atomic mass is 10.0. The first-order valence-corrected chi connectivity index (χ1v) is 5.47. The van der Waals surface area contributed by atoms with Crippen LogP contribution < -0.4 is 0 Å². The summed E-state index contributed by atoms with van der Waals surface area (Å²) >= 11 is 0. The van der Waals surface area contributed by atoms with Gasteiger partial charge in [-0.25, -0.2) is 0 Å². The zero-order valence-corrected chi connectivity index (χ0v) is 9.45. The predicted molar refractivity (Wildman–Crippen MR) is 56.1 cm³/mol. The Morgan fingerprint density at radius 1 is 1.36 bits per heavy atom. The van der Waals surface area contributed by atoms with Gasteiger partial charge in [0.2, 0.25) is 0 Å². The molecule has 3 heteroatoms. The molecule has 1 aliphatic heterocycles. The SMILES string of the molecule is COC(=O)C1CCCN(C(C)C)CC1. The maximum Gasteiger partial charge on any atom is 0.308 e. The summed E-state index contributed by atoms with van der Waals surface area (Å²) in [6.07, 6.45) is 3.04. The summed E-state index contributed by atoms with van der Waals surface area (Å²) in [6.45, 7) is 6.56. The zero-order chi connectivity index (χ0) is 10.6. The molecule has 1 fully saturated rings. The van der Waals surface area contributed by atoms with E-state index < -0.39 is 0 Å². The highest BCUT2D eigenvalue weighted by Crippen LogP contribution is 2.19. The molecule has 0 aromatic rings. The monoisotopic (exact) mass is 199 g/mol. The second-order valence-corrected chi connectivity index (χ2v) is 4.28. The average molecular weight is 199 g/mol. The van der Waals surface area contributed by atoms with Gasteiger partial charge < -0.3 is 9.64 Å². The molecule has 1 atom stereocenters. The second kappa shape index (κ2) is 5.35. The molecule has 3 nitrogen and oxygen atoms in total. The van der Waals surface area contributed by atoms with Gasteiger partial charge in [-0.05, 0) is 46.2 Å². The first kappa shape index (κ1) is 11.5. The highest BCUT2D eigenvalue weighted by atomic mass is 16.5. The van der Waals surface area contributed by atoms with E-state index in [0.29, 0.717) is 6.04 Å². The van der Waals surface area contributed by atoms with Crippen LogP contribution in [0.5, 0.6) is 0 Å². The zero-order valence-electron chi connectivity index (χ0n) is 9.45. The molecule has 1 unspecified atom stereocenters. The fourth-order valence-electron chi connectivity index (χ4n) is 2.04. The van der Waals surface area contributed by atoms with E-state index in [4.69, 9.17) is 4.74 Å². The average Bonchev–Trinajstić information content (AvgIpc) is 2.41. The molecule has 0 radical (unpaired) electrons. The maximum atomic E-state index is 11.4. The van der Waals surface area contributed by atoms with Gasteiger partial charge in [0.25, 0.3) is 0 Å². The molecule has 1 rings (SSSR count). The number of methoxy groups -OCH3 is 1. The Kier molecular flexibility index (Phi) is 4.39. The van der Waals surface area contributed by atoms with Crippen molar-refractivity contribution >= 4 is 5.97 Å². The van der Waals surface area contributed by atoms with Crippen LogP contribution in [0.25, 0.3) is 0 Å². The number of hydrogen-bond acceptors (Lipinski definition) is 3. The van der Waals surface area contributed by atoms with Crippen LogP contribution in [0.2, 0.25) is 0 Å². The minimum atomic E-state index is -0.0318. The van der Waals surface area contributed by atoms with Gasteiger partial charge >= 0.3 is 5.97 Å². The molecule has 82 valence electrons. The molecule has 0 N–H and O–H groups in total. The van der Waals surface area contributed by atoms with Crippen molar-refractivity contribution in [2.24, 2.45) is 5.92 Å². The van der Waals surface area contributed by atoms with E-state index in [-0.39, 0.29) is 11.9 Å². The normalized spacial score (nSPS) is 24.7. The first-order valence-electron chi connectivity index (χ1n) is 5.47. The second-order valence-electron chi connectivity index (χ2n) is 4.28. The summed E-state index contributed by atoms with van der Waals surface area (Å²) in [6, 6.07) is 0.589. The van der Waals surface area contributed by atoms with Gasteiger partial charge in [-0.2, -0.15) is 0 Å². The molecule has 1 aliphatic rings. The van der Waals surface area contributed by atoms with Gasteiger partial charge in [-0.15, -0.1) is 0 Å². The third-order valence-electron chi connectivity index (χ3n) is 3.03. The maximum absolute atomic E-state index is 11.4. The summed E-state index contributed by atoms with van der Waals surface area (Å²) in [5.74, 6) is 0.0966. The number of ether oxygens (including phenoxy) is 1. The van der Waals surface area contributed by atoms with Crippen molar-refractivity contribution < 1.29 is 9.53 Å². The van der Waals surface area contributed by atoms with Crippen molar-refractivity contribution in [1.82, 2.24) is 4.90 Å². The summed E-state index contributed by atoms with van der Waals surface area (Å²) in [5.41, 5.74) is 0. The Morgan fingerprint density at radius 2 is 2.07 bits per heavy atom. The van der Waals surface area contributed by atoms with Crippen LogP contribution in [0.1, 0.15) is 33.1 Å². The lowest BCUT2D eigenvalue weighted by molar-refractivity contribution is -0.145. The van der Waals surface area contributed by atoms with E-state index >= 15 is 0 Å². The number of likely N-dealkylation sites (tertiary alicyclic amines) is 1. The molecule has 0 saturated carbocycles. The van der Waals surface area contributed by atoms with Crippen LogP contribution in [-0.2, 0) is 9.53 Å². The lowest BCUT2D eigenvalue weighted by Crippen LogP contribution is -2.32. The largest absolute Gasteiger partial charge is 0.469 e. The Balaban J connectivity index is 2.44. The van der Waals surface area contributed by atoms with Crippen LogP contribution in [-0.4, -0.2) is 37.1 Å². The number of rotatable bonds is 2. The van der Waals surface area contributed by atoms with Gasteiger partial charge in [-0.3, -0.25) is 4.79 Å². The van der Waals surface area contributed by atoms with Crippen molar-refractivity contribution in [2.45, 2.75) is 39.2 Å². The molecule has 0 bridgehead atoms. The first-order chi connectivity index (χ1) is 6.65. The molecule has 1 saturated heterocycles. The Labute approximate surface area is 86.4 Å². The minimum Gasteiger partial charge on any atom is -0.469 e. The summed E-state index contributed by atoms with van der Waals surface area (Å²) in [7, 11) is 1.48. The van der Waals surface area contributed by atoms with Gasteiger partial charge in [0.1, 0.15) is 0 Å². The highest BCUT2D eigenvalue weighted by molar-refractivity contribution is 5.72. The smallest absolute Gasteiger partial charge is 0.308 e. The van der Waals surface area contributed by atoms with Crippen LogP contribution in [0, 0.1) is 5.92 Å². The molecule has 0 aromatic heterocycles. The molecule has 0 aromatic carbocycles. The predicted octanol–water partition coefficient (Wildman–Crippen LogP) is 1.67. The fraction of sp³-hybridized carbons (Fsp3) is 0.909. The van der Waals surface area contributed by atoms with E-state index in [1.807, 2.05) is 0 Å². The van der Waals surface area contributed by atoms with Crippen LogP contribution in [0.3, 0.4) is 0 Å². The summed E-state index contributed by atoms with van der Waals surface area (Å²) < 4.78 is 4.78. The third-order valence-corrected chi connectivity index (χ3v) is 3.03. The number of carbonyl (C=O) groups excluding carboxylic acids is 1. The van der Waals surface area contributed by atoms with Crippen LogP contribution in [0.15, 0.2) is 0 Å². The quantitative estimate of drug-likeness (QED) is 0.634. The van der Waals surface area contributed by atoms with Gasteiger partial charge in [0.15, 0.2) is 0 Å². The summed E-state index contributed by atoms with van der Waals surface area (Å²) in [5, 5.41) is 0. The van der Waals surface area contributed by atoms with Crippen LogP contribution in [0.4, 0.5) is 0 Å².